The number of alkyl halides is 3. The monoisotopic (exact) mass is 392 g/mol. The van der Waals surface area contributed by atoms with Crippen LogP contribution in [-0.4, -0.2) is 32.3 Å². The maximum Gasteiger partial charge on any atom is 0.400 e. The lowest BCUT2D eigenvalue weighted by Crippen LogP contribution is -2.53. The maximum atomic E-state index is 14.2. The smallest absolute Gasteiger partial charge is 0.400 e. The van der Waals surface area contributed by atoms with E-state index in [1.165, 1.54) is 19.2 Å². The van der Waals surface area contributed by atoms with Crippen molar-refractivity contribution in [3.05, 3.63) is 65.7 Å². The quantitative estimate of drug-likeness (QED) is 0.818. The average molecular weight is 392 g/mol. The van der Waals surface area contributed by atoms with Crippen molar-refractivity contribution in [1.29, 1.82) is 0 Å². The van der Waals surface area contributed by atoms with Gasteiger partial charge in [-0.2, -0.15) is 13.2 Å². The summed E-state index contributed by atoms with van der Waals surface area (Å²) >= 11 is 0. The number of rotatable bonds is 5. The number of hydrogen-bond acceptors (Lipinski definition) is 3. The summed E-state index contributed by atoms with van der Waals surface area (Å²) in [5.41, 5.74) is -1.40. The van der Waals surface area contributed by atoms with E-state index in [4.69, 9.17) is 4.74 Å². The van der Waals surface area contributed by atoms with Crippen LogP contribution in [0.4, 0.5) is 13.2 Å². The summed E-state index contributed by atoms with van der Waals surface area (Å²) in [7, 11) is 1.53. The summed E-state index contributed by atoms with van der Waals surface area (Å²) in [5, 5.41) is 5.53. The van der Waals surface area contributed by atoms with Crippen LogP contribution < -0.4 is 15.4 Å². The lowest BCUT2D eigenvalue weighted by Gasteiger charge is -2.36. The molecular formula is C21H23F3N2O2. The van der Waals surface area contributed by atoms with Gasteiger partial charge in [0, 0.05) is 13.1 Å². The molecule has 1 aliphatic heterocycles. The molecule has 1 aliphatic rings. The van der Waals surface area contributed by atoms with E-state index in [0.29, 0.717) is 5.75 Å². The zero-order valence-electron chi connectivity index (χ0n) is 15.7. The van der Waals surface area contributed by atoms with E-state index >= 15 is 0 Å². The number of halogens is 3. The Morgan fingerprint density at radius 3 is 2.57 bits per heavy atom. The molecule has 1 fully saturated rings. The molecule has 7 heteroatoms. The van der Waals surface area contributed by atoms with Crippen LogP contribution >= 0.6 is 0 Å². The number of methoxy groups -OCH3 is 1. The van der Waals surface area contributed by atoms with Crippen molar-refractivity contribution in [3.63, 3.8) is 0 Å². The molecule has 0 bridgehead atoms. The lowest BCUT2D eigenvalue weighted by molar-refractivity contribution is -0.198. The first-order valence-electron chi connectivity index (χ1n) is 9.07. The minimum atomic E-state index is -4.57. The van der Waals surface area contributed by atoms with Crippen LogP contribution in [0.2, 0.25) is 0 Å². The second-order valence-electron chi connectivity index (χ2n) is 7.03. The lowest BCUT2D eigenvalue weighted by atomic mass is 9.71. The summed E-state index contributed by atoms with van der Waals surface area (Å²) < 4.78 is 47.9. The van der Waals surface area contributed by atoms with Crippen molar-refractivity contribution in [2.24, 2.45) is 5.92 Å². The Hall–Kier alpha value is -2.54. The Morgan fingerprint density at radius 1 is 1.21 bits per heavy atom. The summed E-state index contributed by atoms with van der Waals surface area (Å²) in [4.78, 5) is 12.9. The van der Waals surface area contributed by atoms with Gasteiger partial charge in [-0.15, -0.1) is 0 Å². The molecule has 3 atom stereocenters. The van der Waals surface area contributed by atoms with E-state index in [1.807, 2.05) is 0 Å². The zero-order valence-corrected chi connectivity index (χ0v) is 15.7. The van der Waals surface area contributed by atoms with Gasteiger partial charge in [0.2, 0.25) is 5.91 Å². The van der Waals surface area contributed by atoms with Gasteiger partial charge in [-0.25, -0.2) is 0 Å². The molecule has 1 saturated heterocycles. The van der Waals surface area contributed by atoms with Crippen molar-refractivity contribution in [2.75, 3.05) is 20.2 Å². The fourth-order valence-electron chi connectivity index (χ4n) is 3.84. The molecule has 0 aromatic heterocycles. The van der Waals surface area contributed by atoms with Crippen LogP contribution in [-0.2, 0) is 10.2 Å². The number of amides is 1. The summed E-state index contributed by atoms with van der Waals surface area (Å²) in [6.07, 6.45) is -4.57. The Labute approximate surface area is 162 Å². The van der Waals surface area contributed by atoms with Crippen LogP contribution in [0.5, 0.6) is 5.75 Å². The standard InChI is InChI=1S/C21H23F3N2O2/c1-14(15-7-6-10-17(11-15)28-2)26-19(27)18-12-25-13-20(18,21(22,23)24)16-8-4-3-5-9-16/h3-11,14,18,25H,12-13H2,1-2H3,(H,26,27)/t14-,18-,20-/m0/s1. The van der Waals surface area contributed by atoms with Gasteiger partial charge in [0.1, 0.15) is 11.2 Å². The number of hydrogen-bond donors (Lipinski definition) is 2. The van der Waals surface area contributed by atoms with Crippen molar-refractivity contribution in [1.82, 2.24) is 10.6 Å². The first-order chi connectivity index (χ1) is 13.3. The number of carbonyl (C=O) groups is 1. The molecule has 3 rings (SSSR count). The van der Waals surface area contributed by atoms with Gasteiger partial charge in [-0.3, -0.25) is 4.79 Å². The molecular weight excluding hydrogens is 369 g/mol. The van der Waals surface area contributed by atoms with Crippen molar-refractivity contribution in [3.8, 4) is 5.75 Å². The zero-order chi connectivity index (χ0) is 20.4. The van der Waals surface area contributed by atoms with Gasteiger partial charge < -0.3 is 15.4 Å². The van der Waals surface area contributed by atoms with E-state index in [-0.39, 0.29) is 18.7 Å². The fourth-order valence-corrected chi connectivity index (χ4v) is 3.84. The van der Waals surface area contributed by atoms with Crippen molar-refractivity contribution >= 4 is 5.91 Å². The molecule has 1 heterocycles. The highest BCUT2D eigenvalue weighted by atomic mass is 19.4. The van der Waals surface area contributed by atoms with E-state index in [9.17, 15) is 18.0 Å². The minimum Gasteiger partial charge on any atom is -0.497 e. The first-order valence-corrected chi connectivity index (χ1v) is 9.07. The Balaban J connectivity index is 1.89. The predicted octanol–water partition coefficient (Wildman–Crippen LogP) is 3.59. The van der Waals surface area contributed by atoms with Crippen LogP contribution in [0.3, 0.4) is 0 Å². The normalized spacial score (nSPS) is 23.2. The molecule has 28 heavy (non-hydrogen) atoms. The molecule has 150 valence electrons. The fraction of sp³-hybridized carbons (Fsp3) is 0.381. The van der Waals surface area contributed by atoms with E-state index in [2.05, 4.69) is 10.6 Å². The van der Waals surface area contributed by atoms with E-state index in [0.717, 1.165) is 5.56 Å². The van der Waals surface area contributed by atoms with Crippen LogP contribution in [0.25, 0.3) is 0 Å². The Kier molecular flexibility index (Phi) is 5.65. The Morgan fingerprint density at radius 2 is 1.93 bits per heavy atom. The van der Waals surface area contributed by atoms with Crippen molar-refractivity contribution in [2.45, 2.75) is 24.6 Å². The van der Waals surface area contributed by atoms with Gasteiger partial charge >= 0.3 is 6.18 Å². The highest BCUT2D eigenvalue weighted by Crippen LogP contribution is 2.48. The van der Waals surface area contributed by atoms with Crippen LogP contribution in [0.1, 0.15) is 24.1 Å². The summed E-state index contributed by atoms with van der Waals surface area (Å²) in [6, 6.07) is 14.3. The summed E-state index contributed by atoms with van der Waals surface area (Å²) in [5.74, 6) is -1.26. The van der Waals surface area contributed by atoms with Gasteiger partial charge in [-0.05, 0) is 30.2 Å². The highest BCUT2D eigenvalue weighted by Gasteiger charge is 2.64. The largest absolute Gasteiger partial charge is 0.497 e. The van der Waals surface area contributed by atoms with Crippen LogP contribution in [0.15, 0.2) is 54.6 Å². The second-order valence-corrected chi connectivity index (χ2v) is 7.03. The number of benzene rings is 2. The maximum absolute atomic E-state index is 14.2. The average Bonchev–Trinajstić information content (AvgIpc) is 3.15. The van der Waals surface area contributed by atoms with Gasteiger partial charge in [0.15, 0.2) is 0 Å². The summed E-state index contributed by atoms with van der Waals surface area (Å²) in [6.45, 7) is 1.38. The third kappa shape index (κ3) is 3.58. The number of carbonyl (C=O) groups excluding carboxylic acids is 1. The molecule has 0 saturated carbocycles. The third-order valence-electron chi connectivity index (χ3n) is 5.41. The third-order valence-corrected chi connectivity index (χ3v) is 5.41. The van der Waals surface area contributed by atoms with Gasteiger partial charge in [0.05, 0.1) is 19.1 Å². The van der Waals surface area contributed by atoms with Crippen LogP contribution in [0, 0.1) is 5.92 Å². The minimum absolute atomic E-state index is 0.0366. The SMILES string of the molecule is COc1cccc([C@H](C)NC(=O)[C@@H]2CNC[C@@]2(c2ccccc2)C(F)(F)F)c1. The van der Waals surface area contributed by atoms with E-state index in [1.54, 1.807) is 49.4 Å². The topological polar surface area (TPSA) is 50.4 Å². The molecule has 2 aromatic carbocycles. The second kappa shape index (κ2) is 7.83. The van der Waals surface area contributed by atoms with Crippen molar-refractivity contribution < 1.29 is 22.7 Å². The van der Waals surface area contributed by atoms with Gasteiger partial charge in [0.25, 0.3) is 0 Å². The van der Waals surface area contributed by atoms with Gasteiger partial charge in [-0.1, -0.05) is 42.5 Å². The van der Waals surface area contributed by atoms with E-state index < -0.39 is 29.5 Å². The number of nitrogens with one attached hydrogen (secondary N) is 2. The molecule has 1 amide bonds. The molecule has 0 radical (unpaired) electrons. The molecule has 4 nitrogen and oxygen atoms in total. The number of ether oxygens (including phenoxy) is 1. The molecule has 0 aliphatic carbocycles. The first kappa shape index (κ1) is 20.2. The predicted molar refractivity (Wildman–Crippen MR) is 100 cm³/mol. The Bertz CT molecular complexity index is 826. The molecule has 0 unspecified atom stereocenters. The molecule has 0 spiro atoms. The highest BCUT2D eigenvalue weighted by molar-refractivity contribution is 5.82. The molecule has 2 aromatic rings. The molecule has 2 N–H and O–H groups in total.